The van der Waals surface area contributed by atoms with Gasteiger partial charge in [0.05, 0.1) is 6.61 Å². The number of likely N-dealkylation sites (tertiary alicyclic amines) is 1. The Bertz CT molecular complexity index is 217. The fourth-order valence-electron chi connectivity index (χ4n) is 1.69. The van der Waals surface area contributed by atoms with Crippen molar-refractivity contribution in [3.05, 3.63) is 11.8 Å². The number of carbonyl (C=O) groups is 1. The quantitative estimate of drug-likeness (QED) is 0.511. The van der Waals surface area contributed by atoms with Crippen molar-refractivity contribution in [2.75, 3.05) is 19.7 Å². The predicted octanol–water partition coefficient (Wildman–Crippen LogP) is 1.94. The van der Waals surface area contributed by atoms with E-state index in [4.69, 9.17) is 4.74 Å². The molecule has 0 atom stereocenters. The van der Waals surface area contributed by atoms with Crippen LogP contribution in [0, 0.1) is 0 Å². The summed E-state index contributed by atoms with van der Waals surface area (Å²) >= 11 is 0. The van der Waals surface area contributed by atoms with Crippen molar-refractivity contribution in [2.24, 2.45) is 0 Å². The molecule has 0 N–H and O–H groups in total. The van der Waals surface area contributed by atoms with Crippen molar-refractivity contribution in [1.82, 2.24) is 4.90 Å². The molecule has 0 saturated carbocycles. The van der Waals surface area contributed by atoms with Gasteiger partial charge in [-0.05, 0) is 33.1 Å². The molecule has 3 nitrogen and oxygen atoms in total. The summed E-state index contributed by atoms with van der Waals surface area (Å²) in [5, 5.41) is 0. The largest absolute Gasteiger partial charge is 0.463 e. The number of allylic oxidation sites excluding steroid dienone is 1. The van der Waals surface area contributed by atoms with Gasteiger partial charge < -0.3 is 9.64 Å². The van der Waals surface area contributed by atoms with Gasteiger partial charge in [0, 0.05) is 24.9 Å². The molecule has 3 heteroatoms. The van der Waals surface area contributed by atoms with Crippen LogP contribution in [0.5, 0.6) is 0 Å². The predicted molar refractivity (Wildman–Crippen MR) is 55.8 cm³/mol. The Balaban J connectivity index is 2.44. The Labute approximate surface area is 85.7 Å². The number of hydrogen-bond donors (Lipinski definition) is 0. The normalized spacial score (nSPS) is 18.1. The minimum Gasteiger partial charge on any atom is -0.463 e. The average molecular weight is 197 g/mol. The van der Waals surface area contributed by atoms with Crippen LogP contribution < -0.4 is 0 Å². The molecule has 1 aliphatic rings. The smallest absolute Gasteiger partial charge is 0.332 e. The van der Waals surface area contributed by atoms with Crippen LogP contribution in [0.4, 0.5) is 0 Å². The summed E-state index contributed by atoms with van der Waals surface area (Å²) in [5.74, 6) is -0.226. The van der Waals surface area contributed by atoms with Crippen LogP contribution in [-0.4, -0.2) is 30.6 Å². The summed E-state index contributed by atoms with van der Waals surface area (Å²) in [6.07, 6.45) is 5.36. The van der Waals surface area contributed by atoms with Crippen LogP contribution in [0.2, 0.25) is 0 Å². The second-order valence-electron chi connectivity index (χ2n) is 3.59. The molecule has 0 aliphatic carbocycles. The van der Waals surface area contributed by atoms with Gasteiger partial charge in [-0.2, -0.15) is 0 Å². The maximum Gasteiger partial charge on any atom is 0.332 e. The van der Waals surface area contributed by atoms with Crippen LogP contribution >= 0.6 is 0 Å². The highest BCUT2D eigenvalue weighted by molar-refractivity contribution is 5.82. The van der Waals surface area contributed by atoms with E-state index in [1.54, 1.807) is 6.08 Å². The van der Waals surface area contributed by atoms with Crippen molar-refractivity contribution in [1.29, 1.82) is 0 Å². The van der Waals surface area contributed by atoms with Gasteiger partial charge in [-0.15, -0.1) is 0 Å². The van der Waals surface area contributed by atoms with Gasteiger partial charge in [0.25, 0.3) is 0 Å². The highest BCUT2D eigenvalue weighted by Crippen LogP contribution is 2.13. The number of ether oxygens (including phenoxy) is 1. The van der Waals surface area contributed by atoms with Crippen LogP contribution in [-0.2, 0) is 9.53 Å². The lowest BCUT2D eigenvalue weighted by Gasteiger charge is -2.29. The molecule has 0 unspecified atom stereocenters. The van der Waals surface area contributed by atoms with Crippen LogP contribution in [0.15, 0.2) is 11.8 Å². The van der Waals surface area contributed by atoms with Gasteiger partial charge in [0.1, 0.15) is 0 Å². The third-order valence-electron chi connectivity index (χ3n) is 2.47. The van der Waals surface area contributed by atoms with Crippen molar-refractivity contribution in [3.63, 3.8) is 0 Å². The molecule has 1 saturated heterocycles. The first-order valence-electron chi connectivity index (χ1n) is 5.34. The zero-order valence-electron chi connectivity index (χ0n) is 9.08. The average Bonchev–Trinajstić information content (AvgIpc) is 2.19. The molecule has 1 fully saturated rings. The van der Waals surface area contributed by atoms with Crippen molar-refractivity contribution >= 4 is 5.97 Å². The molecule has 0 aromatic heterocycles. The van der Waals surface area contributed by atoms with E-state index in [0.29, 0.717) is 6.61 Å². The maximum atomic E-state index is 11.2. The van der Waals surface area contributed by atoms with E-state index in [1.807, 2.05) is 13.8 Å². The zero-order valence-corrected chi connectivity index (χ0v) is 9.08. The van der Waals surface area contributed by atoms with Crippen molar-refractivity contribution in [3.8, 4) is 0 Å². The minimum absolute atomic E-state index is 0.226. The lowest BCUT2D eigenvalue weighted by Crippen LogP contribution is -2.28. The number of carbonyl (C=O) groups excluding carboxylic acids is 1. The molecule has 0 radical (unpaired) electrons. The number of hydrogen-bond acceptors (Lipinski definition) is 3. The van der Waals surface area contributed by atoms with Gasteiger partial charge in [-0.25, -0.2) is 4.79 Å². The van der Waals surface area contributed by atoms with E-state index >= 15 is 0 Å². The van der Waals surface area contributed by atoms with E-state index in [9.17, 15) is 4.79 Å². The lowest BCUT2D eigenvalue weighted by molar-refractivity contribution is -0.137. The van der Waals surface area contributed by atoms with Crippen molar-refractivity contribution < 1.29 is 9.53 Å². The number of piperidine rings is 1. The lowest BCUT2D eigenvalue weighted by atomic mass is 10.1. The van der Waals surface area contributed by atoms with E-state index in [0.717, 1.165) is 18.8 Å². The number of rotatable bonds is 3. The SMILES string of the molecule is CCOC(=O)/C=C(/C)N1CCCCC1. The first-order valence-corrected chi connectivity index (χ1v) is 5.34. The molecule has 1 rings (SSSR count). The van der Waals surface area contributed by atoms with Crippen LogP contribution in [0.1, 0.15) is 33.1 Å². The summed E-state index contributed by atoms with van der Waals surface area (Å²) in [5.41, 5.74) is 1.03. The summed E-state index contributed by atoms with van der Waals surface area (Å²) in [6.45, 7) is 6.39. The maximum absolute atomic E-state index is 11.2. The van der Waals surface area contributed by atoms with Gasteiger partial charge in [0.2, 0.25) is 0 Å². The zero-order chi connectivity index (χ0) is 10.4. The minimum atomic E-state index is -0.226. The van der Waals surface area contributed by atoms with E-state index < -0.39 is 0 Å². The molecular weight excluding hydrogens is 178 g/mol. The monoisotopic (exact) mass is 197 g/mol. The molecular formula is C11H19NO2. The Kier molecular flexibility index (Phi) is 4.50. The Morgan fingerprint density at radius 2 is 2.00 bits per heavy atom. The Morgan fingerprint density at radius 1 is 1.36 bits per heavy atom. The Morgan fingerprint density at radius 3 is 2.57 bits per heavy atom. The molecule has 1 heterocycles. The fourth-order valence-corrected chi connectivity index (χ4v) is 1.69. The van der Waals surface area contributed by atoms with Crippen LogP contribution in [0.25, 0.3) is 0 Å². The second kappa shape index (κ2) is 5.68. The van der Waals surface area contributed by atoms with Gasteiger partial charge in [-0.3, -0.25) is 0 Å². The molecule has 0 aromatic rings. The summed E-state index contributed by atoms with van der Waals surface area (Å²) < 4.78 is 4.86. The molecule has 0 spiro atoms. The van der Waals surface area contributed by atoms with Gasteiger partial charge >= 0.3 is 5.97 Å². The molecule has 14 heavy (non-hydrogen) atoms. The third kappa shape index (κ3) is 3.40. The summed E-state index contributed by atoms with van der Waals surface area (Å²) in [6, 6.07) is 0. The topological polar surface area (TPSA) is 29.5 Å². The first kappa shape index (κ1) is 11.1. The highest BCUT2D eigenvalue weighted by atomic mass is 16.5. The van der Waals surface area contributed by atoms with Crippen molar-refractivity contribution in [2.45, 2.75) is 33.1 Å². The van der Waals surface area contributed by atoms with Gasteiger partial charge in [-0.1, -0.05) is 0 Å². The summed E-state index contributed by atoms with van der Waals surface area (Å²) in [4.78, 5) is 13.4. The summed E-state index contributed by atoms with van der Waals surface area (Å²) in [7, 11) is 0. The number of nitrogens with zero attached hydrogens (tertiary/aromatic N) is 1. The second-order valence-corrected chi connectivity index (χ2v) is 3.59. The molecule has 1 aliphatic heterocycles. The standard InChI is InChI=1S/C11H19NO2/c1-3-14-11(13)9-10(2)12-7-5-4-6-8-12/h9H,3-8H2,1-2H3/b10-9-. The molecule has 0 amide bonds. The molecule has 0 bridgehead atoms. The molecule has 80 valence electrons. The molecule has 0 aromatic carbocycles. The van der Waals surface area contributed by atoms with E-state index in [2.05, 4.69) is 4.90 Å². The third-order valence-corrected chi connectivity index (χ3v) is 2.47. The first-order chi connectivity index (χ1) is 6.74. The highest BCUT2D eigenvalue weighted by Gasteiger charge is 2.11. The fraction of sp³-hybridized carbons (Fsp3) is 0.727. The van der Waals surface area contributed by atoms with E-state index in [1.165, 1.54) is 19.3 Å². The van der Waals surface area contributed by atoms with Crippen LogP contribution in [0.3, 0.4) is 0 Å². The number of esters is 1. The Hall–Kier alpha value is -0.990. The van der Waals surface area contributed by atoms with E-state index in [-0.39, 0.29) is 5.97 Å². The van der Waals surface area contributed by atoms with Gasteiger partial charge in [0.15, 0.2) is 0 Å².